The highest BCUT2D eigenvalue weighted by atomic mass is 15.1. The number of nitrogens with zero attached hydrogens (tertiary/aromatic N) is 3. The molecule has 18 heavy (non-hydrogen) atoms. The molecule has 0 aliphatic carbocycles. The van der Waals surface area contributed by atoms with Crippen LogP contribution in [0, 0.1) is 0 Å². The molecule has 0 fully saturated rings. The molecule has 0 bridgehead atoms. The van der Waals surface area contributed by atoms with Gasteiger partial charge in [0.2, 0.25) is 0 Å². The van der Waals surface area contributed by atoms with Crippen molar-refractivity contribution in [3.8, 4) is 0 Å². The molecule has 0 radical (unpaired) electrons. The van der Waals surface area contributed by atoms with E-state index in [-0.39, 0.29) is 6.04 Å². The van der Waals surface area contributed by atoms with Crippen LogP contribution in [-0.2, 0) is 0 Å². The Hall–Kier alpha value is -2.51. The summed E-state index contributed by atoms with van der Waals surface area (Å²) in [5.41, 5.74) is 10.7. The maximum atomic E-state index is 8.62. The fraction of sp³-hybridized carbons (Fsp3) is 0.0667. The molecule has 88 valence electrons. The number of benzene rings is 2. The first-order valence-electron chi connectivity index (χ1n) is 5.72. The van der Waals surface area contributed by atoms with Crippen molar-refractivity contribution in [2.45, 2.75) is 6.04 Å². The molecule has 0 saturated carbocycles. The van der Waals surface area contributed by atoms with Gasteiger partial charge in [0.15, 0.2) is 0 Å². The van der Waals surface area contributed by atoms with Crippen LogP contribution in [0.4, 0.5) is 0 Å². The van der Waals surface area contributed by atoms with Gasteiger partial charge in [-0.3, -0.25) is 0 Å². The van der Waals surface area contributed by atoms with Crippen LogP contribution in [0.25, 0.3) is 16.5 Å². The van der Waals surface area contributed by atoms with E-state index in [9.17, 15) is 0 Å². The zero-order chi connectivity index (χ0) is 12.6. The van der Waals surface area contributed by atoms with Crippen LogP contribution in [0.15, 0.2) is 71.9 Å². The molecule has 0 spiro atoms. The van der Waals surface area contributed by atoms with Crippen LogP contribution in [-0.4, -0.2) is 0 Å². The van der Waals surface area contributed by atoms with Gasteiger partial charge in [-0.25, -0.2) is 0 Å². The third-order valence-electron chi connectivity index (χ3n) is 2.59. The molecule has 2 rings (SSSR count). The Morgan fingerprint density at radius 1 is 0.944 bits per heavy atom. The number of hydrogen-bond donors (Lipinski definition) is 0. The fourth-order valence-electron chi connectivity index (χ4n) is 1.69. The van der Waals surface area contributed by atoms with E-state index in [1.807, 2.05) is 72.8 Å². The highest BCUT2D eigenvalue weighted by Crippen LogP contribution is 2.20. The normalized spacial score (nSPS) is 12.0. The van der Waals surface area contributed by atoms with Crippen molar-refractivity contribution >= 4 is 6.08 Å². The van der Waals surface area contributed by atoms with Gasteiger partial charge in [-0.2, -0.15) is 0 Å². The number of rotatable bonds is 4. The minimum atomic E-state index is -0.267. The van der Waals surface area contributed by atoms with Gasteiger partial charge in [0.05, 0.1) is 6.04 Å². The monoisotopic (exact) mass is 235 g/mol. The van der Waals surface area contributed by atoms with Crippen LogP contribution in [0.2, 0.25) is 0 Å². The SMILES string of the molecule is [N-]=[N+]=NC(/C=C/c1ccccc1)c1ccccc1. The lowest BCUT2D eigenvalue weighted by Gasteiger charge is -2.05. The molecule has 0 N–H and O–H groups in total. The van der Waals surface area contributed by atoms with Gasteiger partial charge in [-0.15, -0.1) is 0 Å². The van der Waals surface area contributed by atoms with Crippen LogP contribution in [0.1, 0.15) is 17.2 Å². The first-order valence-corrected chi connectivity index (χ1v) is 5.72. The maximum absolute atomic E-state index is 8.62. The van der Waals surface area contributed by atoms with Crippen molar-refractivity contribution in [1.82, 2.24) is 0 Å². The lowest BCUT2D eigenvalue weighted by atomic mass is 10.1. The van der Waals surface area contributed by atoms with Crippen molar-refractivity contribution in [3.05, 3.63) is 88.3 Å². The minimum absolute atomic E-state index is 0.267. The molecular weight excluding hydrogens is 222 g/mol. The zero-order valence-electron chi connectivity index (χ0n) is 9.85. The van der Waals surface area contributed by atoms with Crippen LogP contribution in [0.5, 0.6) is 0 Å². The quantitative estimate of drug-likeness (QED) is 0.417. The number of hydrogen-bond acceptors (Lipinski definition) is 1. The smallest absolute Gasteiger partial charge is 0.0809 e. The minimum Gasteiger partial charge on any atom is -0.0818 e. The van der Waals surface area contributed by atoms with E-state index in [1.165, 1.54) is 0 Å². The number of azide groups is 1. The summed E-state index contributed by atoms with van der Waals surface area (Å²) in [6.07, 6.45) is 3.87. The largest absolute Gasteiger partial charge is 0.0818 e. The highest BCUT2D eigenvalue weighted by Gasteiger charge is 2.03. The summed E-state index contributed by atoms with van der Waals surface area (Å²) in [4.78, 5) is 2.90. The van der Waals surface area contributed by atoms with Crippen molar-refractivity contribution in [2.75, 3.05) is 0 Å². The molecule has 0 aliphatic rings. The van der Waals surface area contributed by atoms with Crippen molar-refractivity contribution < 1.29 is 0 Å². The van der Waals surface area contributed by atoms with Gasteiger partial charge in [0.25, 0.3) is 0 Å². The summed E-state index contributed by atoms with van der Waals surface area (Å²) in [7, 11) is 0. The summed E-state index contributed by atoms with van der Waals surface area (Å²) in [5.74, 6) is 0. The molecule has 2 aromatic rings. The predicted octanol–water partition coefficient (Wildman–Crippen LogP) is 4.75. The van der Waals surface area contributed by atoms with Crippen LogP contribution < -0.4 is 0 Å². The highest BCUT2D eigenvalue weighted by molar-refractivity contribution is 5.50. The summed E-state index contributed by atoms with van der Waals surface area (Å²) in [6, 6.07) is 19.4. The Bertz CT molecular complexity index is 555. The van der Waals surface area contributed by atoms with Crippen molar-refractivity contribution in [2.24, 2.45) is 5.11 Å². The van der Waals surface area contributed by atoms with Crippen molar-refractivity contribution in [1.29, 1.82) is 0 Å². The topological polar surface area (TPSA) is 48.8 Å². The van der Waals surface area contributed by atoms with Gasteiger partial charge >= 0.3 is 0 Å². The van der Waals surface area contributed by atoms with E-state index in [1.54, 1.807) is 0 Å². The molecule has 1 unspecified atom stereocenters. The molecular formula is C15H13N3. The lowest BCUT2D eigenvalue weighted by Crippen LogP contribution is -1.89. The molecule has 2 aromatic carbocycles. The van der Waals surface area contributed by atoms with Gasteiger partial charge < -0.3 is 0 Å². The molecule has 0 aromatic heterocycles. The fourth-order valence-corrected chi connectivity index (χ4v) is 1.69. The van der Waals surface area contributed by atoms with Crippen molar-refractivity contribution in [3.63, 3.8) is 0 Å². The molecule has 3 nitrogen and oxygen atoms in total. The van der Waals surface area contributed by atoms with Crippen LogP contribution >= 0.6 is 0 Å². The predicted molar refractivity (Wildman–Crippen MR) is 73.8 cm³/mol. The Kier molecular flexibility index (Phi) is 4.17. The van der Waals surface area contributed by atoms with E-state index in [2.05, 4.69) is 10.0 Å². The second kappa shape index (κ2) is 6.28. The van der Waals surface area contributed by atoms with E-state index in [4.69, 9.17) is 5.53 Å². The first-order chi connectivity index (χ1) is 8.90. The molecule has 1 atom stereocenters. The Balaban J connectivity index is 2.22. The van der Waals surface area contributed by atoms with Gasteiger partial charge in [0, 0.05) is 4.91 Å². The van der Waals surface area contributed by atoms with Crippen LogP contribution in [0.3, 0.4) is 0 Å². The standard InChI is InChI=1S/C15H13N3/c16-18-17-15(14-9-5-2-6-10-14)12-11-13-7-3-1-4-8-13/h1-12,15H/b12-11+. The molecule has 0 saturated heterocycles. The third-order valence-corrected chi connectivity index (χ3v) is 2.59. The molecule has 0 amide bonds. The summed E-state index contributed by atoms with van der Waals surface area (Å²) >= 11 is 0. The molecule has 0 aliphatic heterocycles. The summed E-state index contributed by atoms with van der Waals surface area (Å²) in [5, 5.41) is 3.80. The second-order valence-electron chi connectivity index (χ2n) is 3.83. The van der Waals surface area contributed by atoms with E-state index in [0.717, 1.165) is 11.1 Å². The summed E-state index contributed by atoms with van der Waals surface area (Å²) in [6.45, 7) is 0. The Labute approximate surface area is 106 Å². The van der Waals surface area contributed by atoms with Gasteiger partial charge in [-0.1, -0.05) is 77.9 Å². The average molecular weight is 235 g/mol. The van der Waals surface area contributed by atoms with Gasteiger partial charge in [-0.05, 0) is 16.7 Å². The van der Waals surface area contributed by atoms with E-state index >= 15 is 0 Å². The molecule has 3 heteroatoms. The van der Waals surface area contributed by atoms with E-state index < -0.39 is 0 Å². The maximum Gasteiger partial charge on any atom is 0.0809 e. The lowest BCUT2D eigenvalue weighted by molar-refractivity contribution is 0.901. The average Bonchev–Trinajstić information content (AvgIpc) is 2.45. The summed E-state index contributed by atoms with van der Waals surface area (Å²) < 4.78 is 0. The first kappa shape index (κ1) is 12.0. The molecule has 0 heterocycles. The van der Waals surface area contributed by atoms with Gasteiger partial charge in [0.1, 0.15) is 0 Å². The van der Waals surface area contributed by atoms with E-state index in [0.29, 0.717) is 0 Å². The third kappa shape index (κ3) is 3.24. The Morgan fingerprint density at radius 2 is 1.56 bits per heavy atom. The Morgan fingerprint density at radius 3 is 2.17 bits per heavy atom. The zero-order valence-corrected chi connectivity index (χ0v) is 9.85. The second-order valence-corrected chi connectivity index (χ2v) is 3.83.